The monoisotopic (exact) mass is 359 g/mol. The van der Waals surface area contributed by atoms with Crippen LogP contribution < -0.4 is 9.46 Å². The molecule has 128 valence electrons. The summed E-state index contributed by atoms with van der Waals surface area (Å²) in [5, 5.41) is 0. The number of fused-ring (bicyclic) bond motifs is 1. The summed E-state index contributed by atoms with van der Waals surface area (Å²) in [4.78, 5) is 12.4. The van der Waals surface area contributed by atoms with Crippen LogP contribution in [0.5, 0.6) is 5.75 Å². The highest BCUT2D eigenvalue weighted by Crippen LogP contribution is 2.34. The maximum Gasteiger partial charge on any atom is 0.244 e. The fraction of sp³-hybridized carbons (Fsp3) is 0.562. The third-order valence-electron chi connectivity index (χ3n) is 3.54. The number of alkyl halides is 1. The Morgan fingerprint density at radius 2 is 2.09 bits per heavy atom. The van der Waals surface area contributed by atoms with Crippen LogP contribution in [-0.2, 0) is 16.4 Å². The summed E-state index contributed by atoms with van der Waals surface area (Å²) >= 11 is 5.63. The Kier molecular flexibility index (Phi) is 6.06. The lowest BCUT2D eigenvalue weighted by Crippen LogP contribution is -2.30. The van der Waals surface area contributed by atoms with Crippen molar-refractivity contribution in [3.05, 3.63) is 23.3 Å². The van der Waals surface area contributed by atoms with E-state index in [2.05, 4.69) is 4.72 Å². The van der Waals surface area contributed by atoms with E-state index in [-0.39, 0.29) is 16.7 Å². The van der Waals surface area contributed by atoms with Gasteiger partial charge in [0.25, 0.3) is 0 Å². The Hall–Kier alpha value is -1.11. The zero-order valence-corrected chi connectivity index (χ0v) is 15.0. The number of rotatable bonds is 8. The molecule has 7 heteroatoms. The fourth-order valence-corrected chi connectivity index (χ4v) is 4.18. The van der Waals surface area contributed by atoms with Crippen molar-refractivity contribution in [2.45, 2.75) is 50.5 Å². The second-order valence-corrected chi connectivity index (χ2v) is 7.97. The summed E-state index contributed by atoms with van der Waals surface area (Å²) in [6.07, 6.45) is 2.44. The molecular formula is C16H22ClNO4S. The maximum atomic E-state index is 12.5. The van der Waals surface area contributed by atoms with Gasteiger partial charge in [0.2, 0.25) is 10.0 Å². The lowest BCUT2D eigenvalue weighted by molar-refractivity contribution is 0.0979. The Morgan fingerprint density at radius 1 is 1.35 bits per heavy atom. The molecule has 0 aromatic heterocycles. The lowest BCUT2D eigenvalue weighted by atomic mass is 10.0. The zero-order chi connectivity index (χ0) is 17.0. The third kappa shape index (κ3) is 4.46. The number of ether oxygens (including phenoxy) is 1. The molecule has 1 aromatic carbocycles. The van der Waals surface area contributed by atoms with Gasteiger partial charge in [-0.1, -0.05) is 0 Å². The lowest BCUT2D eigenvalue weighted by Gasteiger charge is -2.14. The van der Waals surface area contributed by atoms with Gasteiger partial charge in [0.15, 0.2) is 5.78 Å². The maximum absolute atomic E-state index is 12.5. The summed E-state index contributed by atoms with van der Waals surface area (Å²) < 4.78 is 33.1. The van der Waals surface area contributed by atoms with E-state index in [0.717, 1.165) is 12.0 Å². The second-order valence-electron chi connectivity index (χ2n) is 5.91. The average Bonchev–Trinajstić information content (AvgIpc) is 2.93. The van der Waals surface area contributed by atoms with Gasteiger partial charge in [0.05, 0.1) is 6.61 Å². The number of nitrogens with one attached hydrogen (secondary N) is 1. The number of hydrogen-bond donors (Lipinski definition) is 1. The summed E-state index contributed by atoms with van der Waals surface area (Å²) in [5.41, 5.74) is 1.20. The molecule has 2 rings (SSSR count). The predicted octanol–water partition coefficient (Wildman–Crippen LogP) is 2.90. The van der Waals surface area contributed by atoms with Gasteiger partial charge in [-0.3, -0.25) is 4.79 Å². The van der Waals surface area contributed by atoms with Gasteiger partial charge in [-0.05, 0) is 44.4 Å². The van der Waals surface area contributed by atoms with Gasteiger partial charge >= 0.3 is 0 Å². The van der Waals surface area contributed by atoms with Crippen LogP contribution in [0.2, 0.25) is 0 Å². The minimum atomic E-state index is -3.71. The number of sulfonamides is 1. The standard InChI is InChI=1S/C16H22ClNO4S/c1-11(2)18-23(20,21)15-10-13(14(19)5-3-4-7-17)9-12-6-8-22-16(12)15/h9-11,18H,3-8H2,1-2H3. The molecule has 5 nitrogen and oxygen atoms in total. The molecule has 1 aromatic rings. The smallest absolute Gasteiger partial charge is 0.244 e. The Morgan fingerprint density at radius 3 is 2.74 bits per heavy atom. The van der Waals surface area contributed by atoms with Crippen molar-refractivity contribution < 1.29 is 17.9 Å². The van der Waals surface area contributed by atoms with Crippen LogP contribution in [0.25, 0.3) is 0 Å². The molecule has 0 amide bonds. The first-order valence-corrected chi connectivity index (χ1v) is 9.78. The van der Waals surface area contributed by atoms with E-state index in [9.17, 15) is 13.2 Å². The Labute approximate surface area is 142 Å². The van der Waals surface area contributed by atoms with Gasteiger partial charge in [-0.25, -0.2) is 13.1 Å². The van der Waals surface area contributed by atoms with E-state index >= 15 is 0 Å². The molecule has 23 heavy (non-hydrogen) atoms. The molecule has 1 aliphatic heterocycles. The van der Waals surface area contributed by atoms with Crippen molar-refractivity contribution in [2.24, 2.45) is 0 Å². The first kappa shape index (κ1) is 18.2. The normalized spacial score (nSPS) is 13.9. The first-order chi connectivity index (χ1) is 10.8. The minimum Gasteiger partial charge on any atom is -0.492 e. The largest absolute Gasteiger partial charge is 0.492 e. The molecule has 0 saturated heterocycles. The molecule has 1 heterocycles. The molecule has 0 fully saturated rings. The zero-order valence-electron chi connectivity index (χ0n) is 13.4. The number of ketones is 1. The number of hydrogen-bond acceptors (Lipinski definition) is 4. The molecule has 0 bridgehead atoms. The highest BCUT2D eigenvalue weighted by Gasteiger charge is 2.28. The number of benzene rings is 1. The second kappa shape index (κ2) is 7.64. The molecule has 0 saturated carbocycles. The Balaban J connectivity index is 2.37. The molecule has 1 N–H and O–H groups in total. The van der Waals surface area contributed by atoms with E-state index in [4.69, 9.17) is 16.3 Å². The first-order valence-electron chi connectivity index (χ1n) is 7.76. The third-order valence-corrected chi connectivity index (χ3v) is 5.47. The highest BCUT2D eigenvalue weighted by molar-refractivity contribution is 7.89. The molecule has 0 radical (unpaired) electrons. The molecular weight excluding hydrogens is 338 g/mol. The van der Waals surface area contributed by atoms with E-state index in [1.807, 2.05) is 0 Å². The van der Waals surface area contributed by atoms with E-state index < -0.39 is 10.0 Å². The van der Waals surface area contributed by atoms with Crippen LogP contribution in [0.15, 0.2) is 17.0 Å². The van der Waals surface area contributed by atoms with Gasteiger partial charge in [-0.2, -0.15) is 0 Å². The predicted molar refractivity (Wildman–Crippen MR) is 90.0 cm³/mol. The molecule has 0 unspecified atom stereocenters. The SMILES string of the molecule is CC(C)NS(=O)(=O)c1cc(C(=O)CCCCCl)cc2c1OCC2. The summed E-state index contributed by atoms with van der Waals surface area (Å²) in [5.74, 6) is 0.824. The van der Waals surface area contributed by atoms with Crippen LogP contribution in [0.1, 0.15) is 49.0 Å². The molecule has 0 aliphatic carbocycles. The van der Waals surface area contributed by atoms with Gasteiger partial charge in [0, 0.05) is 30.3 Å². The van der Waals surface area contributed by atoms with Crippen molar-refractivity contribution in [1.29, 1.82) is 0 Å². The van der Waals surface area contributed by atoms with Crippen molar-refractivity contribution in [1.82, 2.24) is 4.72 Å². The number of Topliss-reactive ketones (excluding diaryl/α,β-unsaturated/α-hetero) is 1. The number of unbranched alkanes of at least 4 members (excludes halogenated alkanes) is 1. The van der Waals surface area contributed by atoms with Crippen LogP contribution >= 0.6 is 11.6 Å². The topological polar surface area (TPSA) is 72.5 Å². The number of halogens is 1. The van der Waals surface area contributed by atoms with E-state index in [1.165, 1.54) is 6.07 Å². The van der Waals surface area contributed by atoms with Crippen molar-refractivity contribution in [3.63, 3.8) is 0 Å². The van der Waals surface area contributed by atoms with Crippen LogP contribution in [0, 0.1) is 0 Å². The van der Waals surface area contributed by atoms with Crippen molar-refractivity contribution in [3.8, 4) is 5.75 Å². The fourth-order valence-electron chi connectivity index (χ4n) is 2.53. The number of carbonyl (C=O) groups excluding carboxylic acids is 1. The van der Waals surface area contributed by atoms with Crippen molar-refractivity contribution in [2.75, 3.05) is 12.5 Å². The highest BCUT2D eigenvalue weighted by atomic mass is 35.5. The van der Waals surface area contributed by atoms with E-state index in [1.54, 1.807) is 19.9 Å². The van der Waals surface area contributed by atoms with Crippen LogP contribution in [0.3, 0.4) is 0 Å². The Bertz CT molecular complexity index is 686. The summed E-state index contributed by atoms with van der Waals surface area (Å²) in [6.45, 7) is 3.93. The van der Waals surface area contributed by atoms with Crippen LogP contribution in [-0.4, -0.2) is 32.7 Å². The van der Waals surface area contributed by atoms with Gasteiger partial charge in [-0.15, -0.1) is 11.6 Å². The number of carbonyl (C=O) groups is 1. The molecule has 1 aliphatic rings. The van der Waals surface area contributed by atoms with Gasteiger partial charge < -0.3 is 4.74 Å². The van der Waals surface area contributed by atoms with Crippen LogP contribution in [0.4, 0.5) is 0 Å². The van der Waals surface area contributed by atoms with E-state index in [0.29, 0.717) is 43.1 Å². The average molecular weight is 360 g/mol. The molecule has 0 atom stereocenters. The van der Waals surface area contributed by atoms with Gasteiger partial charge in [0.1, 0.15) is 10.6 Å². The molecule has 0 spiro atoms. The summed E-state index contributed by atoms with van der Waals surface area (Å²) in [6, 6.07) is 2.94. The summed E-state index contributed by atoms with van der Waals surface area (Å²) in [7, 11) is -3.71. The van der Waals surface area contributed by atoms with Crippen molar-refractivity contribution >= 4 is 27.4 Å². The minimum absolute atomic E-state index is 0.0573. The quantitative estimate of drug-likeness (QED) is 0.440.